The molecule has 1 saturated heterocycles. The largest absolute Gasteiger partial charge is 0.314 e. The smallest absolute Gasteiger partial charge is 0.238 e. The van der Waals surface area contributed by atoms with Crippen LogP contribution in [0.1, 0.15) is 31.7 Å². The molecule has 1 fully saturated rings. The van der Waals surface area contributed by atoms with Crippen LogP contribution in [0.5, 0.6) is 0 Å². The molecule has 6 nitrogen and oxygen atoms in total. The summed E-state index contributed by atoms with van der Waals surface area (Å²) < 4.78 is 25.2. The molecule has 2 aliphatic heterocycles. The highest BCUT2D eigenvalue weighted by Gasteiger charge is 2.48. The van der Waals surface area contributed by atoms with Crippen LogP contribution in [0.25, 0.3) is 0 Å². The molecule has 1 atom stereocenters. The summed E-state index contributed by atoms with van der Waals surface area (Å²) in [7, 11) is -1.90. The van der Waals surface area contributed by atoms with Crippen molar-refractivity contribution < 1.29 is 13.2 Å². The molecule has 0 spiro atoms. The third-order valence-corrected chi connectivity index (χ3v) is 6.23. The highest BCUT2D eigenvalue weighted by atomic mass is 32.2. The monoisotopic (exact) mass is 337 g/mol. The van der Waals surface area contributed by atoms with Crippen LogP contribution >= 0.6 is 0 Å². The Bertz CT molecular complexity index is 713. The number of nitrogens with zero attached hydrogens (tertiary/aromatic N) is 2. The molecule has 1 aromatic rings. The first-order valence-electron chi connectivity index (χ1n) is 7.96. The number of anilines is 1. The maximum atomic E-state index is 12.7. The van der Waals surface area contributed by atoms with Crippen LogP contribution in [0, 0.1) is 0 Å². The van der Waals surface area contributed by atoms with Crippen molar-refractivity contribution in [1.82, 2.24) is 9.84 Å². The van der Waals surface area contributed by atoms with E-state index in [4.69, 9.17) is 0 Å². The van der Waals surface area contributed by atoms with E-state index < -0.39 is 15.4 Å². The standard InChI is InChI=1S/C16H23N3O3S/c1-16(12-23(21,22)17-19-10-6-3-7-11-19)13-8-4-5-9-14(13)18(2)15(16)20/h4-5,8-9,17H,3,6-7,10-12H2,1-2H3/t16-/m1/s1. The number of piperidine rings is 1. The molecule has 1 amide bonds. The Hall–Kier alpha value is -1.44. The van der Waals surface area contributed by atoms with E-state index in [0.29, 0.717) is 0 Å². The molecule has 0 aromatic heterocycles. The first-order chi connectivity index (χ1) is 10.8. The number of sulfonamides is 1. The van der Waals surface area contributed by atoms with Gasteiger partial charge in [0.15, 0.2) is 0 Å². The molecule has 1 N–H and O–H groups in total. The quantitative estimate of drug-likeness (QED) is 0.897. The molecule has 0 aliphatic carbocycles. The van der Waals surface area contributed by atoms with E-state index in [1.807, 2.05) is 24.3 Å². The van der Waals surface area contributed by atoms with Crippen LogP contribution in [-0.2, 0) is 20.2 Å². The molecular formula is C16H23N3O3S. The highest BCUT2D eigenvalue weighted by Crippen LogP contribution is 2.41. The van der Waals surface area contributed by atoms with Crippen LogP contribution in [0.15, 0.2) is 24.3 Å². The van der Waals surface area contributed by atoms with Gasteiger partial charge < -0.3 is 4.90 Å². The Morgan fingerprint density at radius 1 is 1.17 bits per heavy atom. The maximum Gasteiger partial charge on any atom is 0.238 e. The van der Waals surface area contributed by atoms with Gasteiger partial charge in [-0.15, -0.1) is 4.83 Å². The van der Waals surface area contributed by atoms with Crippen molar-refractivity contribution in [2.75, 3.05) is 30.8 Å². The summed E-state index contributed by atoms with van der Waals surface area (Å²) in [6.07, 6.45) is 3.11. The van der Waals surface area contributed by atoms with Crippen molar-refractivity contribution in [3.05, 3.63) is 29.8 Å². The lowest BCUT2D eigenvalue weighted by Gasteiger charge is -2.29. The first kappa shape index (κ1) is 16.4. The minimum Gasteiger partial charge on any atom is -0.314 e. The maximum absolute atomic E-state index is 12.7. The fraction of sp³-hybridized carbons (Fsp3) is 0.562. The summed E-state index contributed by atoms with van der Waals surface area (Å²) in [5, 5.41) is 1.75. The number of benzene rings is 1. The number of hydrazine groups is 1. The van der Waals surface area contributed by atoms with Crippen molar-refractivity contribution in [1.29, 1.82) is 0 Å². The van der Waals surface area contributed by atoms with Gasteiger partial charge in [-0.2, -0.15) is 0 Å². The van der Waals surface area contributed by atoms with E-state index in [0.717, 1.165) is 43.6 Å². The average Bonchev–Trinajstić information content (AvgIpc) is 2.70. The summed E-state index contributed by atoms with van der Waals surface area (Å²) in [5.41, 5.74) is 0.511. The average molecular weight is 337 g/mol. The first-order valence-corrected chi connectivity index (χ1v) is 9.61. The van der Waals surface area contributed by atoms with Gasteiger partial charge in [-0.25, -0.2) is 13.4 Å². The number of rotatable bonds is 4. The predicted molar refractivity (Wildman–Crippen MR) is 89.6 cm³/mol. The molecule has 0 bridgehead atoms. The summed E-state index contributed by atoms with van der Waals surface area (Å²) in [5.74, 6) is -0.417. The van der Waals surface area contributed by atoms with Gasteiger partial charge in [0.25, 0.3) is 0 Å². The lowest BCUT2D eigenvalue weighted by atomic mass is 9.86. The van der Waals surface area contributed by atoms with Gasteiger partial charge in [-0.05, 0) is 31.4 Å². The van der Waals surface area contributed by atoms with Gasteiger partial charge >= 0.3 is 0 Å². The highest BCUT2D eigenvalue weighted by molar-refractivity contribution is 7.89. The van der Waals surface area contributed by atoms with Crippen LogP contribution in [0.3, 0.4) is 0 Å². The van der Waals surface area contributed by atoms with Crippen molar-refractivity contribution in [2.24, 2.45) is 0 Å². The number of amides is 1. The van der Waals surface area contributed by atoms with Gasteiger partial charge in [0, 0.05) is 25.8 Å². The Kier molecular flexibility index (Phi) is 4.20. The number of para-hydroxylation sites is 1. The van der Waals surface area contributed by atoms with Gasteiger partial charge in [0.1, 0.15) is 0 Å². The number of likely N-dealkylation sites (N-methyl/N-ethyl adjacent to an activating group) is 1. The van der Waals surface area contributed by atoms with E-state index in [1.165, 1.54) is 0 Å². The molecule has 3 rings (SSSR count). The zero-order valence-electron chi connectivity index (χ0n) is 13.6. The minimum atomic E-state index is -3.59. The van der Waals surface area contributed by atoms with Gasteiger partial charge in [0.2, 0.25) is 15.9 Å². The number of hydrogen-bond acceptors (Lipinski definition) is 4. The van der Waals surface area contributed by atoms with Crippen LogP contribution in [0.2, 0.25) is 0 Å². The predicted octanol–water partition coefficient (Wildman–Crippen LogP) is 1.24. The van der Waals surface area contributed by atoms with Gasteiger partial charge in [-0.3, -0.25) is 4.79 Å². The third kappa shape index (κ3) is 3.00. The van der Waals surface area contributed by atoms with E-state index in [2.05, 4.69) is 4.83 Å². The van der Waals surface area contributed by atoms with Gasteiger partial charge in [0.05, 0.1) is 11.2 Å². The molecule has 126 valence electrons. The van der Waals surface area contributed by atoms with Crippen LogP contribution in [0.4, 0.5) is 5.69 Å². The summed E-state index contributed by atoms with van der Waals surface area (Å²) in [6, 6.07) is 7.39. The second-order valence-electron chi connectivity index (χ2n) is 6.61. The van der Waals surface area contributed by atoms with E-state index in [-0.39, 0.29) is 11.7 Å². The number of hydrogen-bond donors (Lipinski definition) is 1. The minimum absolute atomic E-state index is 0.178. The number of carbonyl (C=O) groups is 1. The van der Waals surface area contributed by atoms with Crippen molar-refractivity contribution in [3.63, 3.8) is 0 Å². The van der Waals surface area contributed by atoms with E-state index in [1.54, 1.807) is 23.9 Å². The lowest BCUT2D eigenvalue weighted by molar-refractivity contribution is -0.121. The number of nitrogens with one attached hydrogen (secondary N) is 1. The summed E-state index contributed by atoms with van der Waals surface area (Å²) >= 11 is 0. The van der Waals surface area contributed by atoms with Gasteiger partial charge in [-0.1, -0.05) is 24.6 Å². The molecule has 23 heavy (non-hydrogen) atoms. The molecule has 0 saturated carbocycles. The Morgan fingerprint density at radius 2 is 1.83 bits per heavy atom. The summed E-state index contributed by atoms with van der Waals surface area (Å²) in [6.45, 7) is 3.16. The second kappa shape index (κ2) is 5.89. The number of carbonyl (C=O) groups excluding carboxylic acids is 1. The Labute approximate surface area is 137 Å². The van der Waals surface area contributed by atoms with Crippen molar-refractivity contribution in [2.45, 2.75) is 31.6 Å². The van der Waals surface area contributed by atoms with E-state index >= 15 is 0 Å². The fourth-order valence-electron chi connectivity index (χ4n) is 3.56. The molecule has 1 aromatic carbocycles. The normalized spacial score (nSPS) is 25.7. The molecule has 2 heterocycles. The van der Waals surface area contributed by atoms with Crippen molar-refractivity contribution >= 4 is 21.6 Å². The van der Waals surface area contributed by atoms with E-state index in [9.17, 15) is 13.2 Å². The van der Waals surface area contributed by atoms with Crippen molar-refractivity contribution in [3.8, 4) is 0 Å². The zero-order chi connectivity index (χ0) is 16.7. The van der Waals surface area contributed by atoms with Crippen LogP contribution in [-0.4, -0.2) is 45.2 Å². The Balaban J connectivity index is 1.84. The Morgan fingerprint density at radius 3 is 2.52 bits per heavy atom. The molecule has 7 heteroatoms. The molecular weight excluding hydrogens is 314 g/mol. The number of fused-ring (bicyclic) bond motifs is 1. The topological polar surface area (TPSA) is 69.7 Å². The fourth-order valence-corrected chi connectivity index (χ4v) is 5.24. The molecule has 0 unspecified atom stereocenters. The summed E-state index contributed by atoms with van der Waals surface area (Å²) in [4.78, 5) is 16.9. The second-order valence-corrected chi connectivity index (χ2v) is 8.31. The zero-order valence-corrected chi connectivity index (χ0v) is 14.4. The third-order valence-electron chi connectivity index (χ3n) is 4.74. The lowest BCUT2D eigenvalue weighted by Crippen LogP contribution is -2.50. The van der Waals surface area contributed by atoms with Crippen LogP contribution < -0.4 is 9.73 Å². The molecule has 0 radical (unpaired) electrons. The SMILES string of the molecule is CN1C(=O)[C@](C)(CS(=O)(=O)NN2CCCCC2)c2ccccc21. The molecule has 2 aliphatic rings.